The predicted octanol–water partition coefficient (Wildman–Crippen LogP) is 5.47. The second-order valence-corrected chi connectivity index (χ2v) is 9.47. The van der Waals surface area contributed by atoms with Crippen molar-refractivity contribution in [1.82, 2.24) is 15.1 Å². The van der Waals surface area contributed by atoms with Crippen LogP contribution < -0.4 is 5.32 Å². The van der Waals surface area contributed by atoms with Crippen LogP contribution in [0.4, 0.5) is 4.39 Å². The molecule has 1 heterocycles. The highest BCUT2D eigenvalue weighted by molar-refractivity contribution is 5.94. The quantitative estimate of drug-likeness (QED) is 0.666. The van der Waals surface area contributed by atoms with Crippen LogP contribution in [0.25, 0.3) is 0 Å². The van der Waals surface area contributed by atoms with Crippen molar-refractivity contribution in [1.29, 1.82) is 0 Å². The van der Waals surface area contributed by atoms with Crippen molar-refractivity contribution in [2.24, 2.45) is 0 Å². The number of amides is 1. The maximum absolute atomic E-state index is 13.4. The second kappa shape index (κ2) is 8.52. The minimum atomic E-state index is -0.188. The molecule has 0 aliphatic heterocycles. The van der Waals surface area contributed by atoms with E-state index >= 15 is 0 Å². The van der Waals surface area contributed by atoms with Crippen LogP contribution in [0.2, 0.25) is 0 Å². The molecule has 3 aliphatic carbocycles. The summed E-state index contributed by atoms with van der Waals surface area (Å²) in [5.74, 6) is 0.169. The number of carbonyl (C=O) groups is 1. The first kappa shape index (κ1) is 19.8. The van der Waals surface area contributed by atoms with Crippen LogP contribution in [0.1, 0.15) is 103 Å². The van der Waals surface area contributed by atoms with E-state index in [9.17, 15) is 9.18 Å². The smallest absolute Gasteiger partial charge is 0.272 e. The number of carbonyl (C=O) groups excluding carboxylic acids is 1. The topological polar surface area (TPSA) is 46.9 Å². The Hall–Kier alpha value is -2.17. The Morgan fingerprint density at radius 3 is 2.47 bits per heavy atom. The second-order valence-electron chi connectivity index (χ2n) is 9.47. The zero-order valence-electron chi connectivity index (χ0n) is 17.7. The summed E-state index contributed by atoms with van der Waals surface area (Å²) < 4.78 is 15.7. The first-order valence-corrected chi connectivity index (χ1v) is 11.9. The number of nitrogens with one attached hydrogen (secondary N) is 1. The van der Waals surface area contributed by atoms with Crippen LogP contribution >= 0.6 is 0 Å². The normalized spacial score (nSPS) is 22.4. The molecule has 0 radical (unpaired) electrons. The first-order valence-electron chi connectivity index (χ1n) is 11.9. The Bertz CT molecular complexity index is 894. The fourth-order valence-corrected chi connectivity index (χ4v) is 5.36. The molecule has 2 aromatic rings. The van der Waals surface area contributed by atoms with Gasteiger partial charge in [-0.15, -0.1) is 0 Å². The highest BCUT2D eigenvalue weighted by atomic mass is 19.1. The van der Waals surface area contributed by atoms with Crippen molar-refractivity contribution in [3.63, 3.8) is 0 Å². The molecule has 1 aromatic heterocycles. The van der Waals surface area contributed by atoms with E-state index in [0.29, 0.717) is 23.7 Å². The molecule has 1 N–H and O–H groups in total. The molecule has 1 amide bonds. The van der Waals surface area contributed by atoms with Gasteiger partial charge in [0.25, 0.3) is 5.91 Å². The van der Waals surface area contributed by atoms with E-state index in [4.69, 9.17) is 5.10 Å². The molecule has 0 spiro atoms. The summed E-state index contributed by atoms with van der Waals surface area (Å²) in [7, 11) is 0. The molecular weight excluding hydrogens is 377 g/mol. The number of rotatable bonds is 5. The number of aromatic nitrogens is 2. The maximum Gasteiger partial charge on any atom is 0.272 e. The average Bonchev–Trinajstić information content (AvgIpc) is 3.53. The Kier molecular flexibility index (Phi) is 5.62. The zero-order valence-corrected chi connectivity index (χ0v) is 17.7. The molecule has 2 saturated carbocycles. The number of fused-ring (bicyclic) bond motifs is 1. The molecule has 0 bridgehead atoms. The lowest BCUT2D eigenvalue weighted by Gasteiger charge is -2.27. The molecule has 1 unspecified atom stereocenters. The largest absolute Gasteiger partial charge is 0.348 e. The van der Waals surface area contributed by atoms with Gasteiger partial charge in [-0.1, -0.05) is 37.8 Å². The van der Waals surface area contributed by atoms with Crippen molar-refractivity contribution in [3.8, 4) is 0 Å². The van der Waals surface area contributed by atoms with Gasteiger partial charge in [-0.25, -0.2) is 4.39 Å². The molecule has 30 heavy (non-hydrogen) atoms. The number of hydrogen-bond acceptors (Lipinski definition) is 2. The molecule has 1 atom stereocenters. The Labute approximate surface area is 178 Å². The van der Waals surface area contributed by atoms with Crippen molar-refractivity contribution in [2.45, 2.75) is 95.1 Å². The van der Waals surface area contributed by atoms with Crippen LogP contribution in [0, 0.1) is 5.82 Å². The third-order valence-electron chi connectivity index (χ3n) is 7.11. The molecule has 5 rings (SSSR count). The van der Waals surface area contributed by atoms with Crippen molar-refractivity contribution in [2.75, 3.05) is 0 Å². The van der Waals surface area contributed by atoms with Gasteiger partial charge in [-0.05, 0) is 69.1 Å². The van der Waals surface area contributed by atoms with Gasteiger partial charge < -0.3 is 5.32 Å². The summed E-state index contributed by atoms with van der Waals surface area (Å²) in [6.07, 6.45) is 13.5. The number of benzene rings is 1. The maximum atomic E-state index is 13.4. The molecular formula is C25H32FN3O. The third kappa shape index (κ3) is 4.17. The first-order chi connectivity index (χ1) is 14.7. The lowest BCUT2D eigenvalue weighted by Crippen LogP contribution is -2.27. The molecule has 0 saturated heterocycles. The van der Waals surface area contributed by atoms with E-state index in [1.54, 1.807) is 12.1 Å². The van der Waals surface area contributed by atoms with Crippen LogP contribution in [0.5, 0.6) is 0 Å². The summed E-state index contributed by atoms with van der Waals surface area (Å²) in [5.41, 5.74) is 4.32. The SMILES string of the molecule is O=C(NC1CC1)c1nn(C2CCCCC2)c2c1CCCCC2Cc1ccc(F)cc1. The summed E-state index contributed by atoms with van der Waals surface area (Å²) >= 11 is 0. The van der Waals surface area contributed by atoms with E-state index in [1.807, 2.05) is 12.1 Å². The highest BCUT2D eigenvalue weighted by Gasteiger charge is 2.34. The van der Waals surface area contributed by atoms with E-state index in [2.05, 4.69) is 10.00 Å². The Balaban J connectivity index is 1.53. The molecule has 5 heteroatoms. The van der Waals surface area contributed by atoms with Gasteiger partial charge >= 0.3 is 0 Å². The molecule has 1 aromatic carbocycles. The molecule has 3 aliphatic rings. The third-order valence-corrected chi connectivity index (χ3v) is 7.11. The van der Waals surface area contributed by atoms with Crippen molar-refractivity contribution < 1.29 is 9.18 Å². The summed E-state index contributed by atoms with van der Waals surface area (Å²) in [6, 6.07) is 7.67. The minimum Gasteiger partial charge on any atom is -0.348 e. The lowest BCUT2D eigenvalue weighted by atomic mass is 9.89. The number of halogens is 1. The van der Waals surface area contributed by atoms with E-state index in [1.165, 1.54) is 30.5 Å². The van der Waals surface area contributed by atoms with Crippen molar-refractivity contribution in [3.05, 3.63) is 52.6 Å². The fraction of sp³-hybridized carbons (Fsp3) is 0.600. The summed E-state index contributed by atoms with van der Waals surface area (Å²) in [6.45, 7) is 0. The van der Waals surface area contributed by atoms with Gasteiger partial charge in [-0.3, -0.25) is 9.48 Å². The molecule has 4 nitrogen and oxygen atoms in total. The monoisotopic (exact) mass is 409 g/mol. The Morgan fingerprint density at radius 2 is 1.73 bits per heavy atom. The van der Waals surface area contributed by atoms with Gasteiger partial charge in [-0.2, -0.15) is 5.10 Å². The van der Waals surface area contributed by atoms with Gasteiger partial charge in [0, 0.05) is 23.2 Å². The van der Waals surface area contributed by atoms with E-state index in [-0.39, 0.29) is 11.7 Å². The van der Waals surface area contributed by atoms with Crippen LogP contribution in [0.15, 0.2) is 24.3 Å². The number of nitrogens with zero attached hydrogens (tertiary/aromatic N) is 2. The molecule has 2 fully saturated rings. The van der Waals surface area contributed by atoms with Crippen LogP contribution in [-0.2, 0) is 12.8 Å². The lowest BCUT2D eigenvalue weighted by molar-refractivity contribution is 0.0943. The van der Waals surface area contributed by atoms with Crippen LogP contribution in [-0.4, -0.2) is 21.7 Å². The highest BCUT2D eigenvalue weighted by Crippen LogP contribution is 2.39. The van der Waals surface area contributed by atoms with Gasteiger partial charge in [0.2, 0.25) is 0 Å². The minimum absolute atomic E-state index is 0.0192. The van der Waals surface area contributed by atoms with E-state index in [0.717, 1.165) is 63.4 Å². The predicted molar refractivity (Wildman–Crippen MR) is 115 cm³/mol. The van der Waals surface area contributed by atoms with Crippen molar-refractivity contribution >= 4 is 5.91 Å². The van der Waals surface area contributed by atoms with Crippen LogP contribution in [0.3, 0.4) is 0 Å². The van der Waals surface area contributed by atoms with E-state index < -0.39 is 0 Å². The number of hydrogen-bond donors (Lipinski definition) is 1. The fourth-order valence-electron chi connectivity index (χ4n) is 5.36. The molecule has 160 valence electrons. The summed E-state index contributed by atoms with van der Waals surface area (Å²) in [4.78, 5) is 13.0. The zero-order chi connectivity index (χ0) is 20.5. The average molecular weight is 410 g/mol. The Morgan fingerprint density at radius 1 is 1.00 bits per heavy atom. The van der Waals surface area contributed by atoms with Gasteiger partial charge in [0.1, 0.15) is 5.82 Å². The van der Waals surface area contributed by atoms with Gasteiger partial charge in [0.15, 0.2) is 5.69 Å². The van der Waals surface area contributed by atoms with Gasteiger partial charge in [0.05, 0.1) is 6.04 Å². The summed E-state index contributed by atoms with van der Waals surface area (Å²) in [5, 5.41) is 8.16. The standard InChI is InChI=1S/C25H32FN3O/c26-19-12-10-17(11-13-19)16-18-6-4-5-9-22-23(25(30)27-20-14-15-20)28-29(24(18)22)21-7-2-1-3-8-21/h10-13,18,20-21H,1-9,14-16H2,(H,27,30).